The van der Waals surface area contributed by atoms with Crippen molar-refractivity contribution < 1.29 is 17.9 Å². The summed E-state index contributed by atoms with van der Waals surface area (Å²) in [5.41, 5.74) is -0.670. The molecule has 1 saturated heterocycles. The molecule has 12 heteroatoms. The Morgan fingerprint density at radius 2 is 1.79 bits per heavy atom. The summed E-state index contributed by atoms with van der Waals surface area (Å²) in [6.07, 6.45) is 1.15. The van der Waals surface area contributed by atoms with Crippen molar-refractivity contribution in [2.45, 2.75) is 26.3 Å². The molecule has 1 heterocycles. The maximum atomic E-state index is 11.9. The Hall–Kier alpha value is -0.700. The van der Waals surface area contributed by atoms with Crippen LogP contribution in [-0.2, 0) is 19.6 Å². The first-order chi connectivity index (χ1) is 13.1. The lowest BCUT2D eigenvalue weighted by Crippen LogP contribution is -2.54. The van der Waals surface area contributed by atoms with Crippen molar-refractivity contribution in [1.29, 1.82) is 0 Å². The Morgan fingerprint density at radius 1 is 1.17 bits per heavy atom. The fourth-order valence-electron chi connectivity index (χ4n) is 2.90. The molecule has 10 nitrogen and oxygen atoms in total. The van der Waals surface area contributed by atoms with Gasteiger partial charge in [-0.3, -0.25) is 14.7 Å². The minimum Gasteiger partial charge on any atom is -0.383 e. The molecule has 3 N–H and O–H groups in total. The highest BCUT2D eigenvalue weighted by atomic mass is 127. The minimum atomic E-state index is -3.30. The number of nitrogens with one attached hydrogen (secondary N) is 3. The van der Waals surface area contributed by atoms with Gasteiger partial charge in [0.1, 0.15) is 0 Å². The molecule has 0 atom stereocenters. The number of amides is 1. The van der Waals surface area contributed by atoms with E-state index in [4.69, 9.17) is 4.74 Å². The van der Waals surface area contributed by atoms with Gasteiger partial charge in [-0.05, 0) is 20.8 Å². The summed E-state index contributed by atoms with van der Waals surface area (Å²) in [7, 11) is -1.70. The summed E-state index contributed by atoms with van der Waals surface area (Å²) in [6.45, 7) is 11.1. The molecule has 0 bridgehead atoms. The number of guanidine groups is 1. The second-order valence-electron chi connectivity index (χ2n) is 7.53. The number of hydrogen-bond acceptors (Lipinski definition) is 6. The third kappa shape index (κ3) is 12.6. The van der Waals surface area contributed by atoms with E-state index in [1.54, 1.807) is 21.0 Å². The van der Waals surface area contributed by atoms with Crippen LogP contribution >= 0.6 is 24.0 Å². The number of methoxy groups -OCH3 is 1. The molecular weight excluding hydrogens is 511 g/mol. The molecule has 172 valence electrons. The summed E-state index contributed by atoms with van der Waals surface area (Å²) in [6, 6.07) is 0. The first-order valence-electron chi connectivity index (χ1n) is 9.56. The molecule has 1 rings (SSSR count). The van der Waals surface area contributed by atoms with Gasteiger partial charge in [0.2, 0.25) is 15.9 Å². The number of carbonyl (C=O) groups excluding carboxylic acids is 1. The summed E-state index contributed by atoms with van der Waals surface area (Å²) in [4.78, 5) is 20.8. The molecule has 0 aromatic heterocycles. The highest BCUT2D eigenvalue weighted by Crippen LogP contribution is 2.07. The fraction of sp³-hybridized carbons (Fsp3) is 0.882. The molecule has 0 saturated carbocycles. The molecule has 29 heavy (non-hydrogen) atoms. The lowest BCUT2D eigenvalue weighted by Gasteiger charge is -2.36. The van der Waals surface area contributed by atoms with Gasteiger partial charge in [-0.2, -0.15) is 0 Å². The minimum absolute atomic E-state index is 0. The largest absolute Gasteiger partial charge is 0.383 e. The van der Waals surface area contributed by atoms with Crippen LogP contribution in [0.1, 0.15) is 20.8 Å². The van der Waals surface area contributed by atoms with Crippen LogP contribution in [0.5, 0.6) is 0 Å². The van der Waals surface area contributed by atoms with E-state index in [0.717, 1.165) is 44.9 Å². The number of nitrogens with zero attached hydrogens (tertiary/aromatic N) is 3. The second-order valence-corrected chi connectivity index (χ2v) is 9.28. The monoisotopic (exact) mass is 548 g/mol. The van der Waals surface area contributed by atoms with Crippen molar-refractivity contribution in [1.82, 2.24) is 25.2 Å². The normalized spacial score (nSPS) is 16.3. The van der Waals surface area contributed by atoms with E-state index in [1.165, 1.54) is 0 Å². The topological polar surface area (TPSA) is 115 Å². The Balaban J connectivity index is 0.00000784. The van der Waals surface area contributed by atoms with Gasteiger partial charge >= 0.3 is 0 Å². The van der Waals surface area contributed by atoms with Crippen LogP contribution in [0, 0.1) is 0 Å². The third-order valence-electron chi connectivity index (χ3n) is 4.09. The Morgan fingerprint density at radius 3 is 2.31 bits per heavy atom. The number of carbonyl (C=O) groups is 1. The maximum absolute atomic E-state index is 11.9. The summed E-state index contributed by atoms with van der Waals surface area (Å²) >= 11 is 0. The highest BCUT2D eigenvalue weighted by molar-refractivity contribution is 14.0. The fourth-order valence-corrected chi connectivity index (χ4v) is 3.97. The average molecular weight is 548 g/mol. The average Bonchev–Trinajstić information content (AvgIpc) is 2.57. The van der Waals surface area contributed by atoms with Gasteiger partial charge in [-0.1, -0.05) is 0 Å². The van der Waals surface area contributed by atoms with E-state index in [9.17, 15) is 13.2 Å². The van der Waals surface area contributed by atoms with Crippen molar-refractivity contribution in [3.8, 4) is 0 Å². The molecule has 1 aliphatic rings. The van der Waals surface area contributed by atoms with Gasteiger partial charge in [0, 0.05) is 51.9 Å². The van der Waals surface area contributed by atoms with Crippen molar-refractivity contribution in [2.24, 2.45) is 4.99 Å². The molecule has 0 radical (unpaired) electrons. The van der Waals surface area contributed by atoms with Crippen LogP contribution < -0.4 is 15.4 Å². The van der Waals surface area contributed by atoms with Crippen LogP contribution in [0.3, 0.4) is 0 Å². The zero-order valence-electron chi connectivity index (χ0n) is 18.2. The van der Waals surface area contributed by atoms with Crippen molar-refractivity contribution in [3.63, 3.8) is 0 Å². The van der Waals surface area contributed by atoms with Gasteiger partial charge in [0.25, 0.3) is 0 Å². The second kappa shape index (κ2) is 13.6. The van der Waals surface area contributed by atoms with Crippen molar-refractivity contribution in [2.75, 3.05) is 72.3 Å². The summed E-state index contributed by atoms with van der Waals surface area (Å²) < 4.78 is 30.5. The van der Waals surface area contributed by atoms with Crippen molar-refractivity contribution >= 4 is 45.9 Å². The summed E-state index contributed by atoms with van der Waals surface area (Å²) in [5.74, 6) is 0.759. The smallest absolute Gasteiger partial charge is 0.234 e. The van der Waals surface area contributed by atoms with Crippen LogP contribution in [0.2, 0.25) is 0 Å². The van der Waals surface area contributed by atoms with E-state index in [1.807, 2.05) is 6.92 Å². The number of piperazine rings is 1. The van der Waals surface area contributed by atoms with Gasteiger partial charge in [0.15, 0.2) is 5.96 Å². The van der Waals surface area contributed by atoms with E-state index in [-0.39, 0.29) is 29.9 Å². The Bertz CT molecular complexity index is 621. The van der Waals surface area contributed by atoms with Gasteiger partial charge in [-0.25, -0.2) is 13.1 Å². The zero-order valence-corrected chi connectivity index (χ0v) is 21.3. The van der Waals surface area contributed by atoms with E-state index < -0.39 is 15.6 Å². The number of sulfonamides is 1. The molecule has 1 amide bonds. The molecule has 0 aromatic carbocycles. The number of hydrogen-bond donors (Lipinski definition) is 3. The molecule has 0 unspecified atom stereocenters. The molecule has 1 aliphatic heterocycles. The first kappa shape index (κ1) is 28.3. The molecule has 0 aromatic rings. The van der Waals surface area contributed by atoms with Gasteiger partial charge in [-0.15, -0.1) is 24.0 Å². The van der Waals surface area contributed by atoms with Crippen LogP contribution in [0.25, 0.3) is 0 Å². The molecule has 0 spiro atoms. The SMILES string of the molecule is CCNC(=NCC(C)(C)NS(C)(=O)=O)N1CCN(CC(=O)NCCOC)CC1.I. The van der Waals surface area contributed by atoms with Gasteiger partial charge < -0.3 is 20.3 Å². The number of halogens is 1. The number of aliphatic imine (C=N–C) groups is 1. The lowest BCUT2D eigenvalue weighted by atomic mass is 10.1. The molecule has 1 fully saturated rings. The quantitative estimate of drug-likeness (QED) is 0.143. The zero-order chi connectivity index (χ0) is 21.2. The summed E-state index contributed by atoms with van der Waals surface area (Å²) in [5, 5.41) is 6.09. The highest BCUT2D eigenvalue weighted by Gasteiger charge is 2.24. The standard InChI is InChI=1S/C17H36N6O4S.HI/c1-6-18-16(20-14-17(2,3)21-28(5,25)26)23-10-8-22(9-11-23)13-15(24)19-7-12-27-4;/h21H,6-14H2,1-5H3,(H,18,20)(H,19,24);1H. The van der Waals surface area contributed by atoms with E-state index in [2.05, 4.69) is 30.1 Å². The first-order valence-corrected chi connectivity index (χ1v) is 11.5. The molecule has 0 aliphatic carbocycles. The molecular formula is C17H37IN6O4S. The lowest BCUT2D eigenvalue weighted by molar-refractivity contribution is -0.122. The number of rotatable bonds is 10. The predicted molar refractivity (Wildman–Crippen MR) is 126 cm³/mol. The predicted octanol–water partition coefficient (Wildman–Crippen LogP) is -0.722. The van der Waals surface area contributed by atoms with Crippen LogP contribution in [0.15, 0.2) is 4.99 Å². The number of ether oxygens (including phenoxy) is 1. The van der Waals surface area contributed by atoms with E-state index >= 15 is 0 Å². The van der Waals surface area contributed by atoms with Crippen LogP contribution in [0.4, 0.5) is 0 Å². The Kier molecular flexibility index (Phi) is 13.2. The van der Waals surface area contributed by atoms with Crippen LogP contribution in [-0.4, -0.2) is 108 Å². The Labute approximate surface area is 192 Å². The van der Waals surface area contributed by atoms with Crippen molar-refractivity contribution in [3.05, 3.63) is 0 Å². The maximum Gasteiger partial charge on any atom is 0.234 e. The van der Waals surface area contributed by atoms with E-state index in [0.29, 0.717) is 26.2 Å². The van der Waals surface area contributed by atoms with Gasteiger partial charge in [0.05, 0.1) is 26.0 Å². The third-order valence-corrected chi connectivity index (χ3v) is 5.01.